The molecule has 0 spiro atoms. The number of thiocarbonyl (C=S) groups is 1. The molecule has 0 aliphatic heterocycles. The van der Waals surface area contributed by atoms with Crippen molar-refractivity contribution in [1.82, 2.24) is 4.90 Å². The fraction of sp³-hybridized carbons (Fsp3) is 0.882. The molecule has 0 fully saturated rings. The van der Waals surface area contributed by atoms with Gasteiger partial charge >= 0.3 is 5.97 Å². The van der Waals surface area contributed by atoms with Crippen molar-refractivity contribution in [2.75, 3.05) is 63.4 Å². The molecule has 148 valence electrons. The lowest BCUT2D eigenvalue weighted by atomic mass is 10.5. The summed E-state index contributed by atoms with van der Waals surface area (Å²) in [5, 5.41) is 0. The Labute approximate surface area is 166 Å². The van der Waals surface area contributed by atoms with Gasteiger partial charge in [0, 0.05) is 24.6 Å². The van der Waals surface area contributed by atoms with Gasteiger partial charge in [-0.05, 0) is 26.0 Å². The van der Waals surface area contributed by atoms with Crippen LogP contribution < -0.4 is 0 Å². The summed E-state index contributed by atoms with van der Waals surface area (Å²) in [6.07, 6.45) is 1.57. The fourth-order valence-corrected chi connectivity index (χ4v) is 3.89. The van der Waals surface area contributed by atoms with Crippen molar-refractivity contribution in [3.8, 4) is 0 Å². The zero-order valence-electron chi connectivity index (χ0n) is 15.8. The van der Waals surface area contributed by atoms with E-state index in [0.29, 0.717) is 32.0 Å². The molecule has 5 nitrogen and oxygen atoms in total. The van der Waals surface area contributed by atoms with Gasteiger partial charge in [0.25, 0.3) is 0 Å². The van der Waals surface area contributed by atoms with E-state index in [9.17, 15) is 4.79 Å². The lowest BCUT2D eigenvalue weighted by molar-refractivity contribution is -0.144. The molecule has 0 aromatic rings. The van der Waals surface area contributed by atoms with Crippen LogP contribution in [0.1, 0.15) is 33.6 Å². The predicted molar refractivity (Wildman–Crippen MR) is 113 cm³/mol. The summed E-state index contributed by atoms with van der Waals surface area (Å²) in [4.78, 5) is 13.7. The molecule has 0 heterocycles. The van der Waals surface area contributed by atoms with Crippen molar-refractivity contribution in [3.63, 3.8) is 0 Å². The van der Waals surface area contributed by atoms with Gasteiger partial charge in [-0.1, -0.05) is 30.9 Å². The third-order valence-corrected chi connectivity index (χ3v) is 5.81. The molecule has 0 rings (SSSR count). The number of hydrogen-bond donors (Lipinski definition) is 0. The number of nitrogens with zero attached hydrogens (tertiary/aromatic N) is 1. The Morgan fingerprint density at radius 1 is 0.920 bits per heavy atom. The highest BCUT2D eigenvalue weighted by Gasteiger charge is 2.08. The average Bonchev–Trinajstić information content (AvgIpc) is 2.60. The molecular formula is C17H33NO4S3. The fourth-order valence-electron chi connectivity index (χ4n) is 1.77. The molecule has 0 aromatic carbocycles. The van der Waals surface area contributed by atoms with Crippen LogP contribution in [0, 0.1) is 0 Å². The van der Waals surface area contributed by atoms with Crippen molar-refractivity contribution >= 4 is 46.0 Å². The molecule has 0 unspecified atom stereocenters. The predicted octanol–water partition coefficient (Wildman–Crippen LogP) is 3.46. The summed E-state index contributed by atoms with van der Waals surface area (Å²) in [6.45, 7) is 10.7. The van der Waals surface area contributed by atoms with E-state index in [2.05, 4.69) is 25.7 Å². The van der Waals surface area contributed by atoms with Gasteiger partial charge in [-0.15, -0.1) is 0 Å². The van der Waals surface area contributed by atoms with Gasteiger partial charge in [0.05, 0.1) is 32.8 Å². The van der Waals surface area contributed by atoms with Crippen molar-refractivity contribution < 1.29 is 19.0 Å². The van der Waals surface area contributed by atoms with Crippen LogP contribution >= 0.6 is 35.7 Å². The number of carbonyl (C=O) groups excluding carboxylic acids is 1. The highest BCUT2D eigenvalue weighted by atomic mass is 32.2. The minimum absolute atomic E-state index is 0.206. The number of thioether (sulfide) groups is 2. The van der Waals surface area contributed by atoms with Crippen molar-refractivity contribution in [2.24, 2.45) is 0 Å². The number of ether oxygens (including phenoxy) is 3. The van der Waals surface area contributed by atoms with Crippen LogP contribution in [-0.4, -0.2) is 78.6 Å². The second kappa shape index (κ2) is 18.8. The number of rotatable bonds is 16. The van der Waals surface area contributed by atoms with E-state index in [1.807, 2.05) is 11.8 Å². The largest absolute Gasteiger partial charge is 0.463 e. The number of hydrogen-bond acceptors (Lipinski definition) is 7. The molecule has 0 saturated carbocycles. The molecule has 8 heteroatoms. The molecule has 0 N–H and O–H groups in total. The summed E-state index contributed by atoms with van der Waals surface area (Å²) >= 11 is 8.75. The Morgan fingerprint density at radius 2 is 1.56 bits per heavy atom. The van der Waals surface area contributed by atoms with Crippen molar-refractivity contribution in [1.29, 1.82) is 0 Å². The van der Waals surface area contributed by atoms with E-state index < -0.39 is 0 Å². The van der Waals surface area contributed by atoms with Crippen LogP contribution in [-0.2, 0) is 19.0 Å². The van der Waals surface area contributed by atoms with Gasteiger partial charge in [-0.25, -0.2) is 0 Å². The average molecular weight is 412 g/mol. The summed E-state index contributed by atoms with van der Waals surface area (Å²) in [5.74, 6) is 2.66. The quantitative estimate of drug-likeness (QED) is 0.217. The molecule has 0 aliphatic rings. The summed E-state index contributed by atoms with van der Waals surface area (Å²) in [5.41, 5.74) is 0. The molecule has 0 atom stereocenters. The van der Waals surface area contributed by atoms with E-state index in [1.165, 1.54) is 23.9 Å². The third-order valence-electron chi connectivity index (χ3n) is 3.14. The van der Waals surface area contributed by atoms with E-state index in [1.54, 1.807) is 0 Å². The van der Waals surface area contributed by atoms with Crippen LogP contribution in [0.15, 0.2) is 0 Å². The minimum Gasteiger partial charge on any atom is -0.463 e. The Bertz CT molecular complexity index is 342. The summed E-state index contributed by atoms with van der Waals surface area (Å²) in [7, 11) is 0. The van der Waals surface area contributed by atoms with Gasteiger partial charge < -0.3 is 19.1 Å². The van der Waals surface area contributed by atoms with E-state index in [-0.39, 0.29) is 12.6 Å². The Balaban J connectivity index is 3.37. The molecule has 0 radical (unpaired) electrons. The first-order chi connectivity index (χ1) is 12.2. The first kappa shape index (κ1) is 25.0. The molecule has 0 saturated heterocycles. The van der Waals surface area contributed by atoms with Gasteiger partial charge in [0.15, 0.2) is 0 Å². The lowest BCUT2D eigenvalue weighted by Crippen LogP contribution is -2.27. The highest BCUT2D eigenvalue weighted by molar-refractivity contribution is 8.22. The molecule has 0 aliphatic carbocycles. The third kappa shape index (κ3) is 15.9. The van der Waals surface area contributed by atoms with Crippen LogP contribution in [0.25, 0.3) is 0 Å². The standard InChI is InChI=1S/C17H33NO4S3/c1-4-13-24-15-12-21-9-8-20-10-11-22-16(19)7-14-25-17(23)18(5-2)6-3/h4-15H2,1-3H3. The normalized spacial score (nSPS) is 10.7. The number of carbonyl (C=O) groups is 1. The maximum atomic E-state index is 11.6. The Morgan fingerprint density at radius 3 is 2.20 bits per heavy atom. The van der Waals surface area contributed by atoms with Crippen LogP contribution in [0.2, 0.25) is 0 Å². The van der Waals surface area contributed by atoms with E-state index in [0.717, 1.165) is 29.8 Å². The smallest absolute Gasteiger partial charge is 0.306 e. The summed E-state index contributed by atoms with van der Waals surface area (Å²) < 4.78 is 16.8. The van der Waals surface area contributed by atoms with E-state index >= 15 is 0 Å². The summed E-state index contributed by atoms with van der Waals surface area (Å²) in [6, 6.07) is 0. The van der Waals surface area contributed by atoms with Crippen LogP contribution in [0.4, 0.5) is 0 Å². The SMILES string of the molecule is CCCSCCOCCOCCOC(=O)CCSC(=S)N(CC)CC. The second-order valence-electron chi connectivity index (χ2n) is 5.09. The molecule has 25 heavy (non-hydrogen) atoms. The lowest BCUT2D eigenvalue weighted by Gasteiger charge is -2.20. The van der Waals surface area contributed by atoms with Crippen molar-refractivity contribution in [3.05, 3.63) is 0 Å². The maximum Gasteiger partial charge on any atom is 0.306 e. The molecule has 0 aromatic heterocycles. The zero-order valence-corrected chi connectivity index (χ0v) is 18.2. The molecule has 0 bridgehead atoms. The topological polar surface area (TPSA) is 48.0 Å². The van der Waals surface area contributed by atoms with Gasteiger partial charge in [0.2, 0.25) is 0 Å². The molecular weight excluding hydrogens is 378 g/mol. The Kier molecular flexibility index (Phi) is 18.7. The molecule has 0 amide bonds. The first-order valence-electron chi connectivity index (χ1n) is 8.96. The van der Waals surface area contributed by atoms with Crippen LogP contribution in [0.5, 0.6) is 0 Å². The number of esters is 1. The Hall–Kier alpha value is -0.0200. The highest BCUT2D eigenvalue weighted by Crippen LogP contribution is 2.11. The zero-order chi connectivity index (χ0) is 18.8. The monoisotopic (exact) mass is 411 g/mol. The van der Waals surface area contributed by atoms with Gasteiger partial charge in [0.1, 0.15) is 10.9 Å². The van der Waals surface area contributed by atoms with Crippen molar-refractivity contribution in [2.45, 2.75) is 33.6 Å². The maximum absolute atomic E-state index is 11.6. The van der Waals surface area contributed by atoms with Gasteiger partial charge in [-0.3, -0.25) is 4.79 Å². The van der Waals surface area contributed by atoms with Gasteiger partial charge in [-0.2, -0.15) is 11.8 Å². The van der Waals surface area contributed by atoms with Crippen LogP contribution in [0.3, 0.4) is 0 Å². The van der Waals surface area contributed by atoms with E-state index in [4.69, 9.17) is 26.4 Å². The first-order valence-corrected chi connectivity index (χ1v) is 11.5. The minimum atomic E-state index is -0.206. The second-order valence-corrected chi connectivity index (χ2v) is 8.05.